The van der Waals surface area contributed by atoms with Gasteiger partial charge in [-0.05, 0) is 56.2 Å². The van der Waals surface area contributed by atoms with Crippen LogP contribution in [-0.2, 0) is 12.8 Å². The number of hydrogen-bond donors (Lipinski definition) is 0. The summed E-state index contributed by atoms with van der Waals surface area (Å²) in [5.41, 5.74) is 5.30. The van der Waals surface area contributed by atoms with Crippen molar-refractivity contribution in [2.45, 2.75) is 39.5 Å². The van der Waals surface area contributed by atoms with Crippen molar-refractivity contribution in [1.29, 1.82) is 0 Å². The fraction of sp³-hybridized carbons (Fsp3) is 0.391. The van der Waals surface area contributed by atoms with Gasteiger partial charge in [-0.15, -0.1) is 0 Å². The van der Waals surface area contributed by atoms with Gasteiger partial charge in [0.05, 0.1) is 11.3 Å². The third-order valence-electron chi connectivity index (χ3n) is 5.81. The summed E-state index contributed by atoms with van der Waals surface area (Å²) in [7, 11) is 0. The smallest absolute Gasteiger partial charge is 0.255 e. The van der Waals surface area contributed by atoms with E-state index in [2.05, 4.69) is 49.2 Å². The number of rotatable bonds is 4. The summed E-state index contributed by atoms with van der Waals surface area (Å²) in [5, 5.41) is 0. The van der Waals surface area contributed by atoms with Crippen LogP contribution < -0.4 is 0 Å². The summed E-state index contributed by atoms with van der Waals surface area (Å²) in [6.07, 6.45) is 6.13. The number of benzene rings is 1. The van der Waals surface area contributed by atoms with Crippen LogP contribution in [0.1, 0.15) is 47.1 Å². The molecule has 4 heteroatoms. The minimum atomic E-state index is 0.140. The van der Waals surface area contributed by atoms with Crippen LogP contribution in [0.4, 0.5) is 0 Å². The molecule has 27 heavy (non-hydrogen) atoms. The number of piperidine rings is 1. The largest absolute Gasteiger partial charge is 0.339 e. The molecule has 1 fully saturated rings. The van der Waals surface area contributed by atoms with Crippen molar-refractivity contribution in [1.82, 2.24) is 14.3 Å². The number of aryl methyl sites for hydroxylation is 2. The van der Waals surface area contributed by atoms with E-state index < -0.39 is 0 Å². The number of aromatic nitrogens is 2. The lowest BCUT2D eigenvalue weighted by Crippen LogP contribution is -2.39. The number of fused-ring (bicyclic) bond motifs is 1. The molecule has 4 rings (SSSR count). The summed E-state index contributed by atoms with van der Waals surface area (Å²) in [5.74, 6) is 0.808. The summed E-state index contributed by atoms with van der Waals surface area (Å²) in [6, 6.07) is 14.5. The average molecular weight is 361 g/mol. The van der Waals surface area contributed by atoms with Crippen molar-refractivity contribution < 1.29 is 4.79 Å². The molecule has 1 aliphatic rings. The Kier molecular flexibility index (Phi) is 4.97. The fourth-order valence-electron chi connectivity index (χ4n) is 4.14. The van der Waals surface area contributed by atoms with E-state index in [0.717, 1.165) is 61.4 Å². The average Bonchev–Trinajstić information content (AvgIpc) is 3.04. The van der Waals surface area contributed by atoms with E-state index in [1.54, 1.807) is 0 Å². The first-order valence-corrected chi connectivity index (χ1v) is 9.96. The summed E-state index contributed by atoms with van der Waals surface area (Å²) in [6.45, 7) is 5.87. The number of hydrogen-bond acceptors (Lipinski definition) is 2. The van der Waals surface area contributed by atoms with E-state index in [4.69, 9.17) is 0 Å². The highest BCUT2D eigenvalue weighted by molar-refractivity contribution is 5.94. The van der Waals surface area contributed by atoms with Crippen molar-refractivity contribution in [3.63, 3.8) is 0 Å². The molecule has 0 saturated carbocycles. The quantitative estimate of drug-likeness (QED) is 0.695. The lowest BCUT2D eigenvalue weighted by molar-refractivity contribution is 0.0690. The number of amides is 1. The van der Waals surface area contributed by atoms with Crippen molar-refractivity contribution in [3.05, 3.63) is 71.2 Å². The van der Waals surface area contributed by atoms with Gasteiger partial charge in [-0.25, -0.2) is 4.98 Å². The zero-order valence-electron chi connectivity index (χ0n) is 16.2. The van der Waals surface area contributed by atoms with Crippen molar-refractivity contribution in [2.75, 3.05) is 13.1 Å². The van der Waals surface area contributed by atoms with E-state index in [1.807, 2.05) is 27.6 Å². The summed E-state index contributed by atoms with van der Waals surface area (Å²) in [4.78, 5) is 19.6. The Balaban J connectivity index is 1.43. The minimum absolute atomic E-state index is 0.140. The monoisotopic (exact) mass is 361 g/mol. The zero-order valence-corrected chi connectivity index (χ0v) is 16.2. The Labute approximate surface area is 160 Å². The first-order valence-electron chi connectivity index (χ1n) is 9.96. The molecule has 1 amide bonds. The van der Waals surface area contributed by atoms with Gasteiger partial charge in [0.2, 0.25) is 0 Å². The molecule has 0 unspecified atom stereocenters. The second-order valence-corrected chi connectivity index (χ2v) is 7.57. The van der Waals surface area contributed by atoms with Crippen LogP contribution >= 0.6 is 0 Å². The number of nitrogens with zero attached hydrogens (tertiary/aromatic N) is 3. The Morgan fingerprint density at radius 2 is 1.85 bits per heavy atom. The van der Waals surface area contributed by atoms with E-state index in [-0.39, 0.29) is 5.91 Å². The van der Waals surface area contributed by atoms with Crippen LogP contribution in [-0.4, -0.2) is 33.3 Å². The summed E-state index contributed by atoms with van der Waals surface area (Å²) >= 11 is 0. The maximum absolute atomic E-state index is 13.0. The van der Waals surface area contributed by atoms with Gasteiger partial charge < -0.3 is 9.30 Å². The molecule has 0 N–H and O–H groups in total. The molecule has 4 nitrogen and oxygen atoms in total. The fourth-order valence-corrected chi connectivity index (χ4v) is 4.14. The van der Waals surface area contributed by atoms with Crippen LogP contribution in [0.5, 0.6) is 0 Å². The van der Waals surface area contributed by atoms with Gasteiger partial charge in [0.15, 0.2) is 0 Å². The van der Waals surface area contributed by atoms with Gasteiger partial charge in [0.1, 0.15) is 5.65 Å². The van der Waals surface area contributed by atoms with Crippen LogP contribution in [0.3, 0.4) is 0 Å². The van der Waals surface area contributed by atoms with Gasteiger partial charge in [-0.1, -0.05) is 37.3 Å². The SMILES string of the molecule is CCc1nc2ccc(C(=O)N3CCC(Cc4ccccc4)CC3)cn2c1C. The van der Waals surface area contributed by atoms with Gasteiger partial charge in [-0.2, -0.15) is 0 Å². The molecular weight excluding hydrogens is 334 g/mol. The van der Waals surface area contributed by atoms with Crippen LogP contribution in [0.15, 0.2) is 48.7 Å². The topological polar surface area (TPSA) is 37.6 Å². The van der Waals surface area contributed by atoms with E-state index in [0.29, 0.717) is 5.92 Å². The molecular formula is C23H27N3O. The molecule has 0 aliphatic carbocycles. The van der Waals surface area contributed by atoms with E-state index >= 15 is 0 Å². The lowest BCUT2D eigenvalue weighted by atomic mass is 9.90. The molecule has 3 heterocycles. The highest BCUT2D eigenvalue weighted by Gasteiger charge is 2.24. The van der Waals surface area contributed by atoms with Crippen LogP contribution in [0, 0.1) is 12.8 Å². The molecule has 2 aromatic heterocycles. The lowest BCUT2D eigenvalue weighted by Gasteiger charge is -2.32. The molecule has 140 valence electrons. The number of carbonyl (C=O) groups is 1. The molecule has 1 saturated heterocycles. The molecule has 1 aliphatic heterocycles. The van der Waals surface area contributed by atoms with Crippen molar-refractivity contribution in [2.24, 2.45) is 5.92 Å². The van der Waals surface area contributed by atoms with Gasteiger partial charge >= 0.3 is 0 Å². The Hall–Kier alpha value is -2.62. The maximum atomic E-state index is 13.0. The first kappa shape index (κ1) is 17.8. The zero-order chi connectivity index (χ0) is 18.8. The van der Waals surface area contributed by atoms with Gasteiger partial charge in [0, 0.05) is 25.0 Å². The standard InChI is InChI=1S/C23H27N3O/c1-3-21-17(2)26-16-20(9-10-22(26)24-21)23(27)25-13-11-19(12-14-25)15-18-7-5-4-6-8-18/h4-10,16,19H,3,11-15H2,1-2H3. The Morgan fingerprint density at radius 3 is 2.56 bits per heavy atom. The minimum Gasteiger partial charge on any atom is -0.339 e. The van der Waals surface area contributed by atoms with Crippen molar-refractivity contribution in [3.8, 4) is 0 Å². The second-order valence-electron chi connectivity index (χ2n) is 7.57. The van der Waals surface area contributed by atoms with Gasteiger partial charge in [0.25, 0.3) is 5.91 Å². The van der Waals surface area contributed by atoms with Crippen molar-refractivity contribution >= 4 is 11.6 Å². The maximum Gasteiger partial charge on any atom is 0.255 e. The first-order chi connectivity index (χ1) is 13.2. The molecule has 0 bridgehead atoms. The van der Waals surface area contributed by atoms with Crippen LogP contribution in [0.2, 0.25) is 0 Å². The summed E-state index contributed by atoms with van der Waals surface area (Å²) < 4.78 is 2.05. The Bertz CT molecular complexity index is 937. The molecule has 3 aromatic rings. The molecule has 0 spiro atoms. The molecule has 0 atom stereocenters. The van der Waals surface area contributed by atoms with E-state index in [9.17, 15) is 4.79 Å². The predicted octanol–water partition coefficient (Wildman–Crippen LogP) is 4.30. The predicted molar refractivity (Wildman–Crippen MR) is 108 cm³/mol. The van der Waals surface area contributed by atoms with Crippen LogP contribution in [0.25, 0.3) is 5.65 Å². The number of imidazole rings is 1. The number of pyridine rings is 1. The third-order valence-corrected chi connectivity index (χ3v) is 5.81. The molecule has 0 radical (unpaired) electrons. The van der Waals surface area contributed by atoms with E-state index in [1.165, 1.54) is 5.56 Å². The number of carbonyl (C=O) groups excluding carboxylic acids is 1. The van der Waals surface area contributed by atoms with Gasteiger partial charge in [-0.3, -0.25) is 4.79 Å². The second kappa shape index (κ2) is 7.55. The molecule has 1 aromatic carbocycles. The highest BCUT2D eigenvalue weighted by atomic mass is 16.2. The highest BCUT2D eigenvalue weighted by Crippen LogP contribution is 2.23. The third kappa shape index (κ3) is 3.61. The normalized spacial score (nSPS) is 15.4. The Morgan fingerprint density at radius 1 is 1.11 bits per heavy atom. The number of likely N-dealkylation sites (tertiary alicyclic amines) is 1.